The molecule has 1 rings (SSSR count). The van der Waals surface area contributed by atoms with Gasteiger partial charge in [0.1, 0.15) is 0 Å². The molecule has 0 fully saturated rings. The zero-order valence-electron chi connectivity index (χ0n) is 8.17. The number of halogens is 3. The van der Waals surface area contributed by atoms with Crippen molar-refractivity contribution in [1.29, 1.82) is 0 Å². The van der Waals surface area contributed by atoms with Crippen LogP contribution in [0.4, 0.5) is 5.69 Å². The van der Waals surface area contributed by atoms with Crippen LogP contribution in [0.5, 0.6) is 0 Å². The van der Waals surface area contributed by atoms with E-state index in [9.17, 15) is 0 Å². The number of hydrogen-bond acceptors (Lipinski definition) is 2. The summed E-state index contributed by atoms with van der Waals surface area (Å²) in [4.78, 5) is 0. The molecule has 2 N–H and O–H groups in total. The lowest BCUT2D eigenvalue weighted by atomic mass is 10.2. The van der Waals surface area contributed by atoms with Gasteiger partial charge in [-0.05, 0) is 19.1 Å². The second kappa shape index (κ2) is 5.26. The summed E-state index contributed by atoms with van der Waals surface area (Å²) in [5, 5.41) is 12.0. The summed E-state index contributed by atoms with van der Waals surface area (Å²) in [6, 6.07) is 7.00. The summed E-state index contributed by atoms with van der Waals surface area (Å²) < 4.78 is -1.53. The average Bonchev–Trinajstić information content (AvgIpc) is 2.15. The highest BCUT2D eigenvalue weighted by Gasteiger charge is 2.31. The van der Waals surface area contributed by atoms with Gasteiger partial charge in [0.25, 0.3) is 0 Å². The van der Waals surface area contributed by atoms with E-state index in [-0.39, 0.29) is 6.61 Å². The molecule has 84 valence electrons. The lowest BCUT2D eigenvalue weighted by Crippen LogP contribution is -2.36. The molecule has 0 bridgehead atoms. The first-order valence-corrected chi connectivity index (χ1v) is 5.57. The monoisotopic (exact) mass is 267 g/mol. The van der Waals surface area contributed by atoms with Gasteiger partial charge < -0.3 is 10.4 Å². The summed E-state index contributed by atoms with van der Waals surface area (Å²) in [7, 11) is 0. The van der Waals surface area contributed by atoms with E-state index in [1.165, 1.54) is 0 Å². The fourth-order valence-corrected chi connectivity index (χ4v) is 1.45. The summed E-state index contributed by atoms with van der Waals surface area (Å²) in [6.45, 7) is 1.74. The van der Waals surface area contributed by atoms with E-state index >= 15 is 0 Å². The topological polar surface area (TPSA) is 32.3 Å². The molecule has 0 aromatic heterocycles. The molecule has 1 unspecified atom stereocenters. The molecule has 0 radical (unpaired) electrons. The van der Waals surface area contributed by atoms with Crippen molar-refractivity contribution in [3.63, 3.8) is 0 Å². The highest BCUT2D eigenvalue weighted by atomic mass is 35.6. The Hall–Kier alpha value is -0.150. The minimum absolute atomic E-state index is 0.246. The molecule has 5 heteroatoms. The highest BCUT2D eigenvalue weighted by Crippen LogP contribution is 2.32. The van der Waals surface area contributed by atoms with E-state index in [1.54, 1.807) is 0 Å². The van der Waals surface area contributed by atoms with E-state index in [0.717, 1.165) is 11.3 Å². The summed E-state index contributed by atoms with van der Waals surface area (Å²) >= 11 is 17.1. The van der Waals surface area contributed by atoms with Crippen molar-refractivity contribution in [2.24, 2.45) is 0 Å². The smallest absolute Gasteiger partial charge is 0.212 e. The number of anilines is 1. The predicted molar refractivity (Wildman–Crippen MR) is 66.0 cm³/mol. The van der Waals surface area contributed by atoms with E-state index in [2.05, 4.69) is 5.32 Å². The number of hydrogen-bond donors (Lipinski definition) is 2. The van der Waals surface area contributed by atoms with Crippen LogP contribution in [-0.2, 0) is 0 Å². The first-order chi connectivity index (χ1) is 6.93. The van der Waals surface area contributed by atoms with Gasteiger partial charge in [-0.1, -0.05) is 52.5 Å². The van der Waals surface area contributed by atoms with Crippen LogP contribution in [0.15, 0.2) is 24.3 Å². The van der Waals surface area contributed by atoms with Crippen molar-refractivity contribution < 1.29 is 5.11 Å². The highest BCUT2D eigenvalue weighted by molar-refractivity contribution is 6.68. The van der Waals surface area contributed by atoms with Crippen molar-refractivity contribution in [3.05, 3.63) is 29.8 Å². The van der Waals surface area contributed by atoms with Crippen molar-refractivity contribution >= 4 is 40.5 Å². The van der Waals surface area contributed by atoms with Gasteiger partial charge >= 0.3 is 0 Å². The van der Waals surface area contributed by atoms with Crippen molar-refractivity contribution in [2.75, 3.05) is 11.9 Å². The Labute approximate surface area is 104 Å². The fourth-order valence-electron chi connectivity index (χ4n) is 1.08. The molecule has 15 heavy (non-hydrogen) atoms. The first kappa shape index (κ1) is 12.9. The molecule has 2 nitrogen and oxygen atoms in total. The SMILES string of the molecule is Cc1ccc(NC(CO)C(Cl)(Cl)Cl)cc1. The predicted octanol–water partition coefficient (Wildman–Crippen LogP) is 3.14. The van der Waals surface area contributed by atoms with Crippen molar-refractivity contribution in [1.82, 2.24) is 0 Å². The molecule has 0 aliphatic rings. The maximum Gasteiger partial charge on any atom is 0.212 e. The van der Waals surface area contributed by atoms with Crippen LogP contribution >= 0.6 is 34.8 Å². The number of nitrogens with one attached hydrogen (secondary N) is 1. The van der Waals surface area contributed by atoms with Gasteiger partial charge in [-0.3, -0.25) is 0 Å². The average molecular weight is 269 g/mol. The lowest BCUT2D eigenvalue weighted by molar-refractivity contribution is 0.275. The van der Waals surface area contributed by atoms with Crippen LogP contribution < -0.4 is 5.32 Å². The van der Waals surface area contributed by atoms with E-state index in [0.29, 0.717) is 0 Å². The fraction of sp³-hybridized carbons (Fsp3) is 0.400. The van der Waals surface area contributed by atoms with Gasteiger partial charge in [-0.25, -0.2) is 0 Å². The Bertz CT molecular complexity index is 307. The zero-order valence-corrected chi connectivity index (χ0v) is 10.4. The summed E-state index contributed by atoms with van der Waals surface area (Å²) in [5.41, 5.74) is 1.96. The molecule has 1 aromatic carbocycles. The largest absolute Gasteiger partial charge is 0.394 e. The standard InChI is InChI=1S/C10H12Cl3NO/c1-7-2-4-8(5-3-7)14-9(6-15)10(11,12)13/h2-5,9,14-15H,6H2,1H3. The number of aryl methyl sites for hydroxylation is 1. The minimum atomic E-state index is -1.53. The van der Waals surface area contributed by atoms with Crippen LogP contribution in [0.2, 0.25) is 0 Å². The van der Waals surface area contributed by atoms with Crippen LogP contribution in [0.25, 0.3) is 0 Å². The number of rotatable bonds is 3. The molecule has 0 aliphatic heterocycles. The third-order valence-corrected chi connectivity index (χ3v) is 2.76. The van der Waals surface area contributed by atoms with Crippen LogP contribution in [0.3, 0.4) is 0 Å². The maximum atomic E-state index is 9.06. The number of aliphatic hydroxyl groups is 1. The zero-order chi connectivity index (χ0) is 11.5. The van der Waals surface area contributed by atoms with E-state index < -0.39 is 9.83 Å². The van der Waals surface area contributed by atoms with Gasteiger partial charge in [-0.2, -0.15) is 0 Å². The molecule has 0 saturated heterocycles. The number of aliphatic hydroxyl groups excluding tert-OH is 1. The summed E-state index contributed by atoms with van der Waals surface area (Å²) in [5.74, 6) is 0. The number of benzene rings is 1. The third-order valence-electron chi connectivity index (χ3n) is 1.97. The maximum absolute atomic E-state index is 9.06. The molecule has 0 amide bonds. The van der Waals surface area contributed by atoms with Gasteiger partial charge in [0.2, 0.25) is 3.79 Å². The second-order valence-corrected chi connectivity index (χ2v) is 5.66. The second-order valence-electron chi connectivity index (χ2n) is 3.29. The Morgan fingerprint density at radius 1 is 1.27 bits per heavy atom. The van der Waals surface area contributed by atoms with Gasteiger partial charge in [0.15, 0.2) is 0 Å². The Kier molecular flexibility index (Phi) is 4.53. The van der Waals surface area contributed by atoms with Crippen molar-refractivity contribution in [2.45, 2.75) is 16.8 Å². The van der Waals surface area contributed by atoms with E-state index in [4.69, 9.17) is 39.9 Å². The Morgan fingerprint density at radius 3 is 2.20 bits per heavy atom. The third kappa shape index (κ3) is 4.07. The quantitative estimate of drug-likeness (QED) is 0.826. The molecular formula is C10H12Cl3NO. The molecule has 1 atom stereocenters. The summed E-state index contributed by atoms with van der Waals surface area (Å²) in [6.07, 6.45) is 0. The Morgan fingerprint density at radius 2 is 1.80 bits per heavy atom. The van der Waals surface area contributed by atoms with Gasteiger partial charge in [0, 0.05) is 5.69 Å². The molecule has 0 saturated carbocycles. The van der Waals surface area contributed by atoms with Gasteiger partial charge in [0.05, 0.1) is 12.6 Å². The van der Waals surface area contributed by atoms with E-state index in [1.807, 2.05) is 31.2 Å². The first-order valence-electron chi connectivity index (χ1n) is 4.44. The molecule has 1 aromatic rings. The molecule has 0 spiro atoms. The van der Waals surface area contributed by atoms with Crippen LogP contribution in [-0.4, -0.2) is 21.5 Å². The number of alkyl halides is 3. The molecule has 0 aliphatic carbocycles. The molecular weight excluding hydrogens is 256 g/mol. The van der Waals surface area contributed by atoms with Gasteiger partial charge in [-0.15, -0.1) is 0 Å². The van der Waals surface area contributed by atoms with Crippen LogP contribution in [0.1, 0.15) is 5.56 Å². The van der Waals surface area contributed by atoms with Crippen molar-refractivity contribution in [3.8, 4) is 0 Å². The minimum Gasteiger partial charge on any atom is -0.394 e. The normalized spacial score (nSPS) is 13.7. The lowest BCUT2D eigenvalue weighted by Gasteiger charge is -2.24. The molecule has 0 heterocycles. The Balaban J connectivity index is 2.71. The van der Waals surface area contributed by atoms with Crippen LogP contribution in [0, 0.1) is 6.92 Å².